The van der Waals surface area contributed by atoms with Gasteiger partial charge in [-0.2, -0.15) is 0 Å². The lowest BCUT2D eigenvalue weighted by atomic mass is 10.1. The molecule has 0 amide bonds. The van der Waals surface area contributed by atoms with Crippen molar-refractivity contribution in [2.24, 2.45) is 5.73 Å². The second-order valence-electron chi connectivity index (χ2n) is 4.38. The van der Waals surface area contributed by atoms with Gasteiger partial charge >= 0.3 is 0 Å². The number of ether oxygens (including phenoxy) is 1. The number of rotatable bonds is 5. The standard InChI is InChI=1S/C15H15Cl2NO2/c16-12-4-1-11(14(17)7-12)9-20-13-5-2-10(3-6-13)15(18)8-19/h1-7,15,19H,8-9,18H2/t15-/m0/s1. The molecule has 2 aromatic carbocycles. The molecular weight excluding hydrogens is 297 g/mol. The Balaban J connectivity index is 2.00. The van der Waals surface area contributed by atoms with Crippen molar-refractivity contribution in [1.29, 1.82) is 0 Å². The van der Waals surface area contributed by atoms with E-state index in [0.717, 1.165) is 11.1 Å². The monoisotopic (exact) mass is 311 g/mol. The maximum Gasteiger partial charge on any atom is 0.119 e. The average molecular weight is 312 g/mol. The van der Waals surface area contributed by atoms with Gasteiger partial charge in [-0.1, -0.05) is 41.4 Å². The van der Waals surface area contributed by atoms with Crippen LogP contribution in [0.4, 0.5) is 0 Å². The number of halogens is 2. The van der Waals surface area contributed by atoms with Crippen molar-refractivity contribution in [3.8, 4) is 5.75 Å². The second-order valence-corrected chi connectivity index (χ2v) is 5.23. The molecule has 106 valence electrons. The Bertz CT molecular complexity index is 573. The molecule has 5 heteroatoms. The molecule has 0 aliphatic rings. The van der Waals surface area contributed by atoms with E-state index in [1.165, 1.54) is 0 Å². The topological polar surface area (TPSA) is 55.5 Å². The van der Waals surface area contributed by atoms with Gasteiger partial charge in [-0.05, 0) is 29.8 Å². The first-order chi connectivity index (χ1) is 9.60. The van der Waals surface area contributed by atoms with Crippen molar-refractivity contribution in [3.05, 3.63) is 63.6 Å². The zero-order valence-electron chi connectivity index (χ0n) is 10.7. The van der Waals surface area contributed by atoms with E-state index in [9.17, 15) is 0 Å². The molecule has 3 nitrogen and oxygen atoms in total. The van der Waals surface area contributed by atoms with Crippen LogP contribution in [0.1, 0.15) is 17.2 Å². The van der Waals surface area contributed by atoms with Crippen LogP contribution in [0.25, 0.3) is 0 Å². The average Bonchev–Trinajstić information content (AvgIpc) is 2.46. The van der Waals surface area contributed by atoms with Gasteiger partial charge in [0.15, 0.2) is 0 Å². The van der Waals surface area contributed by atoms with E-state index in [4.69, 9.17) is 38.8 Å². The molecule has 0 heterocycles. The van der Waals surface area contributed by atoms with Crippen molar-refractivity contribution in [2.45, 2.75) is 12.6 Å². The van der Waals surface area contributed by atoms with E-state index >= 15 is 0 Å². The van der Waals surface area contributed by atoms with Gasteiger partial charge in [0.1, 0.15) is 12.4 Å². The number of aliphatic hydroxyl groups excluding tert-OH is 1. The van der Waals surface area contributed by atoms with Crippen molar-refractivity contribution in [3.63, 3.8) is 0 Å². The summed E-state index contributed by atoms with van der Waals surface area (Å²) < 4.78 is 5.65. The normalized spacial score (nSPS) is 12.2. The number of aliphatic hydroxyl groups is 1. The fourth-order valence-electron chi connectivity index (χ4n) is 1.72. The van der Waals surface area contributed by atoms with E-state index in [-0.39, 0.29) is 12.6 Å². The maximum atomic E-state index is 8.98. The predicted octanol–water partition coefficient (Wildman–Crippen LogP) is 3.56. The summed E-state index contributed by atoms with van der Waals surface area (Å²) in [5.74, 6) is 0.713. The molecule has 0 aromatic heterocycles. The summed E-state index contributed by atoms with van der Waals surface area (Å²) in [6.45, 7) is 0.280. The van der Waals surface area contributed by atoms with Gasteiger partial charge in [0, 0.05) is 15.6 Å². The molecule has 0 bridgehead atoms. The highest BCUT2D eigenvalue weighted by atomic mass is 35.5. The van der Waals surface area contributed by atoms with E-state index < -0.39 is 0 Å². The minimum Gasteiger partial charge on any atom is -0.489 e. The lowest BCUT2D eigenvalue weighted by molar-refractivity contribution is 0.267. The zero-order valence-corrected chi connectivity index (χ0v) is 12.2. The highest BCUT2D eigenvalue weighted by molar-refractivity contribution is 6.35. The fourth-order valence-corrected chi connectivity index (χ4v) is 2.18. The summed E-state index contributed by atoms with van der Waals surface area (Å²) in [6.07, 6.45) is 0. The van der Waals surface area contributed by atoms with Crippen LogP contribution in [-0.4, -0.2) is 11.7 Å². The fraction of sp³-hybridized carbons (Fsp3) is 0.200. The number of nitrogens with two attached hydrogens (primary N) is 1. The van der Waals surface area contributed by atoms with Gasteiger partial charge in [-0.3, -0.25) is 0 Å². The van der Waals surface area contributed by atoms with Crippen molar-refractivity contribution >= 4 is 23.2 Å². The third-order valence-electron chi connectivity index (χ3n) is 2.91. The summed E-state index contributed by atoms with van der Waals surface area (Å²) in [7, 11) is 0. The van der Waals surface area contributed by atoms with Crippen LogP contribution in [0.2, 0.25) is 10.0 Å². The molecular formula is C15H15Cl2NO2. The molecule has 2 aromatic rings. The van der Waals surface area contributed by atoms with Gasteiger partial charge < -0.3 is 15.6 Å². The van der Waals surface area contributed by atoms with Crippen LogP contribution >= 0.6 is 23.2 Å². The predicted molar refractivity (Wildman–Crippen MR) is 81.3 cm³/mol. The van der Waals surface area contributed by atoms with E-state index in [1.54, 1.807) is 12.1 Å². The van der Waals surface area contributed by atoms with Crippen LogP contribution in [0, 0.1) is 0 Å². The Hall–Kier alpha value is -1.26. The van der Waals surface area contributed by atoms with Crippen molar-refractivity contribution in [1.82, 2.24) is 0 Å². The second kappa shape index (κ2) is 6.95. The molecule has 1 atom stereocenters. The highest BCUT2D eigenvalue weighted by Gasteiger charge is 2.05. The third kappa shape index (κ3) is 3.87. The Morgan fingerprint density at radius 3 is 2.40 bits per heavy atom. The van der Waals surface area contributed by atoms with Gasteiger partial charge in [0.2, 0.25) is 0 Å². The SMILES string of the molecule is N[C@@H](CO)c1ccc(OCc2ccc(Cl)cc2Cl)cc1. The van der Waals surface area contributed by atoms with Gasteiger partial charge in [-0.15, -0.1) is 0 Å². The minimum atomic E-state index is -0.366. The molecule has 0 saturated heterocycles. The van der Waals surface area contributed by atoms with Crippen LogP contribution in [0.15, 0.2) is 42.5 Å². The third-order valence-corrected chi connectivity index (χ3v) is 3.50. The molecule has 0 radical (unpaired) electrons. The number of hydrogen-bond donors (Lipinski definition) is 2. The quantitative estimate of drug-likeness (QED) is 0.887. The van der Waals surface area contributed by atoms with Crippen LogP contribution in [0.5, 0.6) is 5.75 Å². The zero-order chi connectivity index (χ0) is 14.5. The first-order valence-electron chi connectivity index (χ1n) is 6.13. The smallest absolute Gasteiger partial charge is 0.119 e. The minimum absolute atomic E-state index is 0.0828. The Kier molecular flexibility index (Phi) is 5.26. The lowest BCUT2D eigenvalue weighted by Gasteiger charge is -2.11. The lowest BCUT2D eigenvalue weighted by Crippen LogP contribution is -2.14. The van der Waals surface area contributed by atoms with Gasteiger partial charge in [0.25, 0.3) is 0 Å². The molecule has 0 aliphatic heterocycles. The summed E-state index contributed by atoms with van der Waals surface area (Å²) in [6, 6.07) is 12.2. The molecule has 0 saturated carbocycles. The molecule has 0 aliphatic carbocycles. The maximum absolute atomic E-state index is 8.98. The molecule has 0 fully saturated rings. The summed E-state index contributed by atoms with van der Waals surface area (Å²) in [5.41, 5.74) is 7.46. The molecule has 0 unspecified atom stereocenters. The Morgan fingerprint density at radius 1 is 1.10 bits per heavy atom. The van der Waals surface area contributed by atoms with Crippen LogP contribution < -0.4 is 10.5 Å². The van der Waals surface area contributed by atoms with E-state index in [2.05, 4.69) is 0 Å². The molecule has 3 N–H and O–H groups in total. The summed E-state index contributed by atoms with van der Waals surface area (Å²) >= 11 is 11.9. The van der Waals surface area contributed by atoms with Crippen LogP contribution in [0.3, 0.4) is 0 Å². The van der Waals surface area contributed by atoms with E-state index in [1.807, 2.05) is 30.3 Å². The van der Waals surface area contributed by atoms with Gasteiger partial charge in [-0.25, -0.2) is 0 Å². The highest BCUT2D eigenvalue weighted by Crippen LogP contribution is 2.23. The summed E-state index contributed by atoms with van der Waals surface area (Å²) in [4.78, 5) is 0. The molecule has 2 rings (SSSR count). The van der Waals surface area contributed by atoms with Crippen molar-refractivity contribution < 1.29 is 9.84 Å². The van der Waals surface area contributed by atoms with E-state index in [0.29, 0.717) is 22.4 Å². The van der Waals surface area contributed by atoms with Gasteiger partial charge in [0.05, 0.1) is 12.6 Å². The van der Waals surface area contributed by atoms with Crippen LogP contribution in [-0.2, 0) is 6.61 Å². The number of benzene rings is 2. The number of hydrogen-bond acceptors (Lipinski definition) is 3. The first-order valence-corrected chi connectivity index (χ1v) is 6.89. The molecule has 0 spiro atoms. The first kappa shape index (κ1) is 15.1. The Morgan fingerprint density at radius 2 is 1.80 bits per heavy atom. The Labute approximate surface area is 127 Å². The summed E-state index contributed by atoms with van der Waals surface area (Å²) in [5, 5.41) is 10.2. The largest absolute Gasteiger partial charge is 0.489 e. The van der Waals surface area contributed by atoms with Crippen molar-refractivity contribution in [2.75, 3.05) is 6.61 Å². The molecule has 20 heavy (non-hydrogen) atoms.